The maximum absolute atomic E-state index is 6.15. The third-order valence-corrected chi connectivity index (χ3v) is 7.05. The number of hydrogen-bond acceptors (Lipinski definition) is 0. The maximum Gasteiger partial charge on any atom is 0.155 e. The van der Waals surface area contributed by atoms with E-state index >= 15 is 0 Å². The van der Waals surface area contributed by atoms with Gasteiger partial charge in [-0.05, 0) is 5.04 Å². The minimum absolute atomic E-state index is 0. The molecule has 3 heteroatoms. The average molecular weight is 165 g/mol. The number of halogens is 1. The van der Waals surface area contributed by atoms with Crippen LogP contribution in [0.15, 0.2) is 0 Å². The molecule has 0 saturated heterocycles. The van der Waals surface area contributed by atoms with Gasteiger partial charge in [-0.2, -0.15) is 11.1 Å². The van der Waals surface area contributed by atoms with Crippen molar-refractivity contribution in [2.75, 3.05) is 0 Å². The molecule has 0 rings (SSSR count). The third-order valence-electron chi connectivity index (χ3n) is 1.78. The van der Waals surface area contributed by atoms with Crippen molar-refractivity contribution in [2.45, 2.75) is 38.9 Å². The summed E-state index contributed by atoms with van der Waals surface area (Å²) in [5.41, 5.74) is 0. The standard InChI is InChI=1S/C6H15ClSi.N/c1-6(2,3)8(4,5)7;/h1-5H3;. The van der Waals surface area contributed by atoms with Crippen molar-refractivity contribution in [1.29, 1.82) is 0 Å². The highest BCUT2D eigenvalue weighted by Gasteiger charge is 2.32. The van der Waals surface area contributed by atoms with Gasteiger partial charge in [0.25, 0.3) is 0 Å². The zero-order valence-electron chi connectivity index (χ0n) is 6.83. The van der Waals surface area contributed by atoms with Crippen molar-refractivity contribution in [1.82, 2.24) is 6.15 Å². The lowest BCUT2D eigenvalue weighted by Gasteiger charge is -2.29. The van der Waals surface area contributed by atoms with Crippen LogP contribution in [0.2, 0.25) is 18.1 Å². The molecule has 0 unspecified atom stereocenters. The summed E-state index contributed by atoms with van der Waals surface area (Å²) in [5, 5.41) is 0.342. The first-order valence-electron chi connectivity index (χ1n) is 2.94. The lowest BCUT2D eigenvalue weighted by atomic mass is 10.2. The number of hydrogen-bond donors (Lipinski definition) is 0. The maximum atomic E-state index is 6.15. The third kappa shape index (κ3) is 3.95. The van der Waals surface area contributed by atoms with Gasteiger partial charge < -0.3 is 0 Å². The minimum atomic E-state index is -1.39. The van der Waals surface area contributed by atoms with Gasteiger partial charge in [0, 0.05) is 6.15 Å². The molecule has 0 fully saturated rings. The van der Waals surface area contributed by atoms with Gasteiger partial charge in [-0.15, -0.1) is 0 Å². The van der Waals surface area contributed by atoms with Crippen molar-refractivity contribution in [3.8, 4) is 0 Å². The molecule has 0 atom stereocenters. The van der Waals surface area contributed by atoms with E-state index in [4.69, 9.17) is 11.1 Å². The van der Waals surface area contributed by atoms with Gasteiger partial charge >= 0.3 is 0 Å². The average Bonchev–Trinajstić information content (AvgIpc) is 1.25. The predicted molar refractivity (Wildman–Crippen MR) is 45.2 cm³/mol. The summed E-state index contributed by atoms with van der Waals surface area (Å²) in [6.45, 7) is 11.0. The molecule has 0 amide bonds. The molecule has 0 bridgehead atoms. The summed E-state index contributed by atoms with van der Waals surface area (Å²) < 4.78 is 0. The molecule has 1 nitrogen and oxygen atoms in total. The predicted octanol–water partition coefficient (Wildman–Crippen LogP) is 2.75. The van der Waals surface area contributed by atoms with Gasteiger partial charge in [0.05, 0.1) is 0 Å². The van der Waals surface area contributed by atoms with Crippen molar-refractivity contribution in [3.63, 3.8) is 0 Å². The number of nitrogens with zero attached hydrogens (tertiary/aromatic N) is 1. The Balaban J connectivity index is 0. The van der Waals surface area contributed by atoms with Crippen LogP contribution in [-0.4, -0.2) is 7.38 Å². The molecular formula is C6H15ClNSi. The van der Waals surface area contributed by atoms with Crippen LogP contribution in [0.4, 0.5) is 0 Å². The van der Waals surface area contributed by atoms with Crippen molar-refractivity contribution in [3.05, 3.63) is 0 Å². The minimum Gasteiger partial charge on any atom is -0.167 e. The second kappa shape index (κ2) is 3.04. The molecule has 9 heavy (non-hydrogen) atoms. The van der Waals surface area contributed by atoms with E-state index < -0.39 is 7.38 Å². The molecule has 0 spiro atoms. The first kappa shape index (κ1) is 12.2. The van der Waals surface area contributed by atoms with Gasteiger partial charge in [-0.3, -0.25) is 0 Å². The SMILES string of the molecule is CC(C)(C)[Si](C)(C)Cl.[N]. The first-order valence-corrected chi connectivity index (χ1v) is 6.95. The summed E-state index contributed by atoms with van der Waals surface area (Å²) in [6.07, 6.45) is 0. The van der Waals surface area contributed by atoms with E-state index in [-0.39, 0.29) is 6.15 Å². The van der Waals surface area contributed by atoms with Gasteiger partial charge in [0.2, 0.25) is 0 Å². The molecule has 0 heterocycles. The summed E-state index contributed by atoms with van der Waals surface area (Å²) in [4.78, 5) is 0. The van der Waals surface area contributed by atoms with E-state index in [1.165, 1.54) is 0 Å². The van der Waals surface area contributed by atoms with Gasteiger partial charge in [-0.1, -0.05) is 33.9 Å². The van der Waals surface area contributed by atoms with E-state index in [2.05, 4.69) is 33.9 Å². The quantitative estimate of drug-likeness (QED) is 0.390. The molecule has 0 aliphatic heterocycles. The van der Waals surface area contributed by atoms with Gasteiger partial charge in [0.15, 0.2) is 7.38 Å². The Morgan fingerprint density at radius 1 is 1.11 bits per heavy atom. The van der Waals surface area contributed by atoms with Crippen LogP contribution < -0.4 is 6.15 Å². The molecule has 55 valence electrons. The van der Waals surface area contributed by atoms with Crippen LogP contribution in [0.5, 0.6) is 0 Å². The Morgan fingerprint density at radius 3 is 1.22 bits per heavy atom. The first-order chi connectivity index (χ1) is 3.25. The zero-order chi connectivity index (χ0) is 7.00. The van der Waals surface area contributed by atoms with Crippen LogP contribution in [0.25, 0.3) is 0 Å². The Kier molecular flexibility index (Phi) is 4.11. The molecule has 0 saturated carbocycles. The Labute approximate surface area is 64.1 Å². The fourth-order valence-corrected chi connectivity index (χ4v) is 0. The van der Waals surface area contributed by atoms with Crippen molar-refractivity contribution < 1.29 is 0 Å². The second-order valence-electron chi connectivity index (χ2n) is 3.72. The van der Waals surface area contributed by atoms with Crippen molar-refractivity contribution >= 4 is 18.5 Å². The summed E-state index contributed by atoms with van der Waals surface area (Å²) in [6, 6.07) is 0. The van der Waals surface area contributed by atoms with Gasteiger partial charge in [-0.25, -0.2) is 0 Å². The normalized spacial score (nSPS) is 12.7. The highest BCUT2D eigenvalue weighted by Crippen LogP contribution is 2.38. The Hall–Kier alpha value is 0.467. The van der Waals surface area contributed by atoms with Crippen LogP contribution in [0, 0.1) is 0 Å². The van der Waals surface area contributed by atoms with E-state index in [1.54, 1.807) is 0 Å². The summed E-state index contributed by atoms with van der Waals surface area (Å²) in [5.74, 6) is 0. The van der Waals surface area contributed by atoms with Crippen LogP contribution >= 0.6 is 11.1 Å². The largest absolute Gasteiger partial charge is 0.167 e. The van der Waals surface area contributed by atoms with E-state index in [0.717, 1.165) is 0 Å². The molecule has 3 radical (unpaired) electrons. The Bertz CT molecular complexity index is 68.0. The molecule has 0 aromatic rings. The lowest BCUT2D eigenvalue weighted by molar-refractivity contribution is 0.735. The zero-order valence-corrected chi connectivity index (χ0v) is 8.58. The highest BCUT2D eigenvalue weighted by atomic mass is 35.6. The molecule has 0 aliphatic rings. The molecule has 0 N–H and O–H groups in total. The number of rotatable bonds is 0. The van der Waals surface area contributed by atoms with Gasteiger partial charge in [0.1, 0.15) is 0 Å². The molecular weight excluding hydrogens is 150 g/mol. The Morgan fingerprint density at radius 2 is 1.22 bits per heavy atom. The van der Waals surface area contributed by atoms with E-state index in [1.807, 2.05) is 0 Å². The second-order valence-corrected chi connectivity index (χ2v) is 11.0. The van der Waals surface area contributed by atoms with Crippen LogP contribution in [0.1, 0.15) is 20.8 Å². The molecule has 0 aromatic carbocycles. The molecule has 0 aromatic heterocycles. The van der Waals surface area contributed by atoms with E-state index in [9.17, 15) is 0 Å². The lowest BCUT2D eigenvalue weighted by Crippen LogP contribution is -2.29. The summed E-state index contributed by atoms with van der Waals surface area (Å²) in [7, 11) is -1.39. The van der Waals surface area contributed by atoms with Crippen LogP contribution in [0.3, 0.4) is 0 Å². The highest BCUT2D eigenvalue weighted by molar-refractivity contribution is 7.20. The summed E-state index contributed by atoms with van der Waals surface area (Å²) >= 11 is 6.15. The fourth-order valence-electron chi connectivity index (χ4n) is 0. The fraction of sp³-hybridized carbons (Fsp3) is 1.00. The van der Waals surface area contributed by atoms with E-state index in [0.29, 0.717) is 5.04 Å². The van der Waals surface area contributed by atoms with Crippen molar-refractivity contribution in [2.24, 2.45) is 0 Å². The molecule has 0 aliphatic carbocycles. The smallest absolute Gasteiger partial charge is 0.155 e. The monoisotopic (exact) mass is 164 g/mol. The topological polar surface area (TPSA) is 30.5 Å². The van der Waals surface area contributed by atoms with Crippen LogP contribution in [-0.2, 0) is 0 Å².